The minimum atomic E-state index is 0. The first kappa shape index (κ1) is 25.7. The molecule has 0 aliphatic carbocycles. The summed E-state index contributed by atoms with van der Waals surface area (Å²) in [7, 11) is 0. The molecule has 30 heavy (non-hydrogen) atoms. The minimum absolute atomic E-state index is 0. The molecule has 0 aliphatic heterocycles. The number of benzene rings is 2. The van der Waals surface area contributed by atoms with Gasteiger partial charge in [0.2, 0.25) is 0 Å². The molecule has 0 fully saturated rings. The van der Waals surface area contributed by atoms with Crippen LogP contribution >= 0.6 is 15.9 Å². The van der Waals surface area contributed by atoms with Crippen LogP contribution < -0.4 is 21.5 Å². The van der Waals surface area contributed by atoms with E-state index in [1.807, 2.05) is 49.5 Å². The summed E-state index contributed by atoms with van der Waals surface area (Å²) in [5, 5.41) is 0.952. The molecule has 0 amide bonds. The summed E-state index contributed by atoms with van der Waals surface area (Å²) in [6, 6.07) is 28.9. The maximum Gasteiger partial charge on any atom is 0.173 e. The smallest absolute Gasteiger partial charge is 0.173 e. The number of hydrogen-bond donors (Lipinski definition) is 0. The molecule has 0 N–H and O–H groups in total. The van der Waals surface area contributed by atoms with Crippen molar-refractivity contribution < 1.29 is 21.5 Å². The fraction of sp³-hybridized carbons (Fsp3) is 0.154. The van der Waals surface area contributed by atoms with Crippen molar-refractivity contribution in [3.05, 3.63) is 132 Å². The predicted molar refractivity (Wildman–Crippen MR) is 125 cm³/mol. The maximum atomic E-state index is 3.88. The van der Waals surface area contributed by atoms with Crippen LogP contribution in [0.15, 0.2) is 110 Å². The van der Waals surface area contributed by atoms with Gasteiger partial charge in [0.15, 0.2) is 18.9 Å². The second-order valence-electron chi connectivity index (χ2n) is 6.69. The first-order chi connectivity index (χ1) is 14.2. The first-order valence-corrected chi connectivity index (χ1v) is 10.8. The molecule has 2 aromatic carbocycles. The Morgan fingerprint density at radius 3 is 1.77 bits per heavy atom. The van der Waals surface area contributed by atoms with Gasteiger partial charge in [-0.25, -0.2) is 4.57 Å². The highest BCUT2D eigenvalue weighted by Gasteiger charge is 2.00. The number of hydrogen-bond acceptors (Lipinski definition) is 1. The minimum Gasteiger partial charge on any atom is -1.00 e. The zero-order valence-corrected chi connectivity index (χ0v) is 20.6. The highest BCUT2D eigenvalue weighted by Crippen LogP contribution is 2.02. The lowest BCUT2D eigenvalue weighted by molar-refractivity contribution is -0.688. The second-order valence-corrected chi connectivity index (χ2v) is 7.25. The van der Waals surface area contributed by atoms with Gasteiger partial charge in [-0.05, 0) is 37.1 Å². The van der Waals surface area contributed by atoms with Gasteiger partial charge in [-0.1, -0.05) is 82.7 Å². The monoisotopic (exact) mass is 526 g/mol. The van der Waals surface area contributed by atoms with Gasteiger partial charge in [0.25, 0.3) is 0 Å². The number of aromatic nitrogens is 2. The lowest BCUT2D eigenvalue weighted by atomic mass is 10.2. The van der Waals surface area contributed by atoms with Crippen LogP contribution in [0.5, 0.6) is 0 Å². The molecule has 2 nitrogen and oxygen atoms in total. The van der Waals surface area contributed by atoms with E-state index in [2.05, 4.69) is 93.3 Å². The third-order valence-electron chi connectivity index (χ3n) is 4.02. The Bertz CT molecular complexity index is 931. The van der Waals surface area contributed by atoms with E-state index in [0.29, 0.717) is 0 Å². The Kier molecular flexibility index (Phi) is 13.3. The molecule has 4 heteroatoms. The van der Waals surface area contributed by atoms with Crippen molar-refractivity contribution in [2.24, 2.45) is 0 Å². The Morgan fingerprint density at radius 1 is 0.733 bits per heavy atom. The summed E-state index contributed by atoms with van der Waals surface area (Å²) in [5.74, 6) is 0. The van der Waals surface area contributed by atoms with E-state index in [-0.39, 0.29) is 17.0 Å². The number of aryl methyl sites for hydroxylation is 2. The topological polar surface area (TPSA) is 16.8 Å². The fourth-order valence-electron chi connectivity index (χ4n) is 2.56. The highest BCUT2D eigenvalue weighted by atomic mass is 79.9. The summed E-state index contributed by atoms with van der Waals surface area (Å²) < 4.78 is 2.20. The molecular formula is C26H28Br2N2. The highest BCUT2D eigenvalue weighted by molar-refractivity contribution is 9.08. The fourth-order valence-corrected chi connectivity index (χ4v) is 2.93. The SMILES string of the molecule is BrCc1ccccc1.Cc1ccc[n+](Cc2ccccc2)c1.Cc1cccnc1.[Br-]. The van der Waals surface area contributed by atoms with E-state index >= 15 is 0 Å². The van der Waals surface area contributed by atoms with Crippen LogP contribution in [0.25, 0.3) is 0 Å². The summed E-state index contributed by atoms with van der Waals surface area (Å²) in [5.41, 5.74) is 5.17. The number of rotatable bonds is 3. The Morgan fingerprint density at radius 2 is 1.33 bits per heavy atom. The zero-order valence-electron chi connectivity index (χ0n) is 17.5. The van der Waals surface area contributed by atoms with Crippen LogP contribution in [0.1, 0.15) is 22.3 Å². The van der Waals surface area contributed by atoms with Gasteiger partial charge in [-0.2, -0.15) is 0 Å². The van der Waals surface area contributed by atoms with Crippen molar-refractivity contribution in [3.8, 4) is 0 Å². The molecule has 0 atom stereocenters. The van der Waals surface area contributed by atoms with Crippen LogP contribution in [0.2, 0.25) is 0 Å². The van der Waals surface area contributed by atoms with E-state index in [1.54, 1.807) is 6.20 Å². The van der Waals surface area contributed by atoms with E-state index in [0.717, 1.165) is 11.9 Å². The van der Waals surface area contributed by atoms with Crippen LogP contribution in [0.4, 0.5) is 0 Å². The summed E-state index contributed by atoms with van der Waals surface area (Å²) in [6.07, 6.45) is 7.86. The van der Waals surface area contributed by atoms with Gasteiger partial charge < -0.3 is 17.0 Å². The molecule has 0 saturated carbocycles. The molecule has 4 rings (SSSR count). The lowest BCUT2D eigenvalue weighted by Crippen LogP contribution is -3.00. The molecule has 0 unspecified atom stereocenters. The average Bonchev–Trinajstić information content (AvgIpc) is 2.77. The molecule has 156 valence electrons. The summed E-state index contributed by atoms with van der Waals surface area (Å²) in [6.45, 7) is 5.08. The molecule has 0 aliphatic rings. The molecule has 0 saturated heterocycles. The standard InChI is InChI=1S/C13H14N.C7H7Br.C6H7N.BrH/c1-12-6-5-9-14(10-12)11-13-7-3-2-4-8-13;8-6-7-4-2-1-3-5-7;1-6-3-2-4-7-5-6;/h2-10H,11H2,1H3;1-5H,6H2;2-5H,1H3;1H/q+1;;;/p-1. The quantitative estimate of drug-likeness (QED) is 0.295. The predicted octanol–water partition coefficient (Wildman–Crippen LogP) is 3.31. The second kappa shape index (κ2) is 15.5. The summed E-state index contributed by atoms with van der Waals surface area (Å²) in [4.78, 5) is 3.88. The van der Waals surface area contributed by atoms with Crippen LogP contribution in [0, 0.1) is 13.8 Å². The Balaban J connectivity index is 0.000000241. The van der Waals surface area contributed by atoms with Gasteiger partial charge in [0.05, 0.1) is 0 Å². The first-order valence-electron chi connectivity index (χ1n) is 9.63. The molecule has 0 spiro atoms. The summed E-state index contributed by atoms with van der Waals surface area (Å²) >= 11 is 3.36. The lowest BCUT2D eigenvalue weighted by Gasteiger charge is -1.97. The van der Waals surface area contributed by atoms with Gasteiger partial charge in [0.1, 0.15) is 0 Å². The van der Waals surface area contributed by atoms with Crippen LogP contribution in [-0.4, -0.2) is 4.98 Å². The molecule has 0 bridgehead atoms. The molecule has 4 aromatic rings. The normalized spacial score (nSPS) is 9.17. The number of alkyl halides is 1. The third-order valence-corrected chi connectivity index (χ3v) is 4.67. The largest absolute Gasteiger partial charge is 1.00 e. The number of nitrogens with zero attached hydrogens (tertiary/aromatic N) is 2. The van der Waals surface area contributed by atoms with E-state index in [9.17, 15) is 0 Å². The van der Waals surface area contributed by atoms with Crippen molar-refractivity contribution in [1.29, 1.82) is 0 Å². The van der Waals surface area contributed by atoms with Gasteiger partial charge in [-0.3, -0.25) is 4.98 Å². The van der Waals surface area contributed by atoms with Crippen molar-refractivity contribution in [2.75, 3.05) is 0 Å². The van der Waals surface area contributed by atoms with Gasteiger partial charge in [0, 0.05) is 34.9 Å². The third kappa shape index (κ3) is 11.0. The Hall–Kier alpha value is -2.30. The van der Waals surface area contributed by atoms with Crippen molar-refractivity contribution >= 4 is 15.9 Å². The number of halogens is 2. The molecule has 2 aromatic heterocycles. The average molecular weight is 528 g/mol. The van der Waals surface area contributed by atoms with Crippen LogP contribution in [0.3, 0.4) is 0 Å². The Labute approximate surface area is 199 Å². The van der Waals surface area contributed by atoms with Gasteiger partial charge >= 0.3 is 0 Å². The molecular weight excluding hydrogens is 500 g/mol. The van der Waals surface area contributed by atoms with E-state index < -0.39 is 0 Å². The van der Waals surface area contributed by atoms with Gasteiger partial charge in [-0.15, -0.1) is 0 Å². The van der Waals surface area contributed by atoms with Crippen molar-refractivity contribution in [2.45, 2.75) is 25.7 Å². The van der Waals surface area contributed by atoms with Crippen LogP contribution in [-0.2, 0) is 11.9 Å². The zero-order chi connectivity index (χ0) is 20.7. The number of pyridine rings is 2. The van der Waals surface area contributed by atoms with E-state index in [1.165, 1.54) is 22.3 Å². The van der Waals surface area contributed by atoms with E-state index in [4.69, 9.17) is 0 Å². The maximum absolute atomic E-state index is 3.88. The molecule has 2 heterocycles. The molecule has 0 radical (unpaired) electrons. The van der Waals surface area contributed by atoms with Crippen molar-refractivity contribution in [3.63, 3.8) is 0 Å². The van der Waals surface area contributed by atoms with Crippen molar-refractivity contribution in [1.82, 2.24) is 4.98 Å².